The highest BCUT2D eigenvalue weighted by Gasteiger charge is 2.16. The number of aliphatic hydroxyl groups is 1. The van der Waals surface area contributed by atoms with Crippen molar-refractivity contribution in [3.63, 3.8) is 0 Å². The Labute approximate surface area is 134 Å². The molecule has 6 heteroatoms. The minimum Gasteiger partial charge on any atom is -0.444 e. The van der Waals surface area contributed by atoms with Crippen molar-refractivity contribution in [3.05, 3.63) is 0 Å². The van der Waals surface area contributed by atoms with Crippen LogP contribution in [0.2, 0.25) is 0 Å². The predicted molar refractivity (Wildman–Crippen MR) is 88.1 cm³/mol. The zero-order valence-corrected chi connectivity index (χ0v) is 14.8. The molecule has 0 aromatic rings. The van der Waals surface area contributed by atoms with Gasteiger partial charge in [-0.25, -0.2) is 4.79 Å². The number of amides is 1. The fourth-order valence-electron chi connectivity index (χ4n) is 2.16. The molecule has 22 heavy (non-hydrogen) atoms. The number of carbonyl (C=O) groups excluding carboxylic acids is 1. The van der Waals surface area contributed by atoms with E-state index in [2.05, 4.69) is 17.6 Å². The molecule has 0 aromatic carbocycles. The minimum absolute atomic E-state index is 0.186. The van der Waals surface area contributed by atoms with Crippen LogP contribution in [0.1, 0.15) is 53.4 Å². The lowest BCUT2D eigenvalue weighted by atomic mass is 10.1. The Kier molecular flexibility index (Phi) is 11.2. The number of rotatable bonds is 11. The van der Waals surface area contributed by atoms with Crippen LogP contribution in [0.3, 0.4) is 0 Å². The van der Waals surface area contributed by atoms with Gasteiger partial charge in [0.1, 0.15) is 5.60 Å². The van der Waals surface area contributed by atoms with Crippen molar-refractivity contribution in [1.29, 1.82) is 0 Å². The molecule has 0 rings (SSSR count). The smallest absolute Gasteiger partial charge is 0.407 e. The van der Waals surface area contributed by atoms with Crippen LogP contribution in [0, 0.1) is 0 Å². The third-order valence-corrected chi connectivity index (χ3v) is 3.21. The first kappa shape index (κ1) is 21.1. The Morgan fingerprint density at radius 1 is 1.23 bits per heavy atom. The molecule has 0 fully saturated rings. The first-order valence-electron chi connectivity index (χ1n) is 8.15. The lowest BCUT2D eigenvalue weighted by molar-refractivity contribution is 0.0525. The molecule has 0 aromatic heterocycles. The van der Waals surface area contributed by atoms with Crippen LogP contribution < -0.4 is 10.6 Å². The molecule has 0 bridgehead atoms. The van der Waals surface area contributed by atoms with E-state index in [4.69, 9.17) is 14.6 Å². The molecule has 0 saturated heterocycles. The van der Waals surface area contributed by atoms with Crippen LogP contribution in [-0.2, 0) is 9.47 Å². The van der Waals surface area contributed by atoms with Gasteiger partial charge in [0, 0.05) is 32.3 Å². The van der Waals surface area contributed by atoms with Gasteiger partial charge in [0.15, 0.2) is 0 Å². The molecule has 0 aliphatic rings. The van der Waals surface area contributed by atoms with Crippen molar-refractivity contribution < 1.29 is 19.4 Å². The molecule has 2 unspecified atom stereocenters. The monoisotopic (exact) mass is 318 g/mol. The van der Waals surface area contributed by atoms with Gasteiger partial charge >= 0.3 is 6.09 Å². The summed E-state index contributed by atoms with van der Waals surface area (Å²) in [6.07, 6.45) is 3.07. The summed E-state index contributed by atoms with van der Waals surface area (Å²) in [5, 5.41) is 15.3. The first-order chi connectivity index (χ1) is 10.3. The van der Waals surface area contributed by atoms with Gasteiger partial charge in [-0.2, -0.15) is 0 Å². The van der Waals surface area contributed by atoms with Crippen LogP contribution in [-0.4, -0.2) is 55.8 Å². The Balaban J connectivity index is 4.02. The quantitative estimate of drug-likeness (QED) is 0.508. The zero-order chi connectivity index (χ0) is 17.0. The molecule has 0 radical (unpaired) electrons. The van der Waals surface area contributed by atoms with Gasteiger partial charge in [-0.15, -0.1) is 0 Å². The molecular formula is C16H34N2O4. The maximum atomic E-state index is 11.5. The van der Waals surface area contributed by atoms with Crippen LogP contribution in [0.25, 0.3) is 0 Å². The molecule has 0 spiro atoms. The molecule has 3 N–H and O–H groups in total. The molecule has 0 aliphatic carbocycles. The Morgan fingerprint density at radius 3 is 2.41 bits per heavy atom. The van der Waals surface area contributed by atoms with Gasteiger partial charge in [-0.05, 0) is 46.5 Å². The zero-order valence-electron chi connectivity index (χ0n) is 14.8. The lowest BCUT2D eigenvalue weighted by Gasteiger charge is -2.24. The summed E-state index contributed by atoms with van der Waals surface area (Å²) < 4.78 is 10.4. The molecule has 2 atom stereocenters. The van der Waals surface area contributed by atoms with E-state index in [-0.39, 0.29) is 18.7 Å². The maximum absolute atomic E-state index is 11.5. The van der Waals surface area contributed by atoms with Gasteiger partial charge in [0.2, 0.25) is 0 Å². The number of methoxy groups -OCH3 is 1. The van der Waals surface area contributed by atoms with E-state index in [1.165, 1.54) is 0 Å². The molecule has 132 valence electrons. The number of nitrogens with one attached hydrogen (secondary N) is 2. The van der Waals surface area contributed by atoms with Gasteiger partial charge in [-0.3, -0.25) is 0 Å². The summed E-state index contributed by atoms with van der Waals surface area (Å²) in [6.45, 7) is 9.01. The molecule has 0 heterocycles. The van der Waals surface area contributed by atoms with E-state index in [0.29, 0.717) is 19.2 Å². The summed E-state index contributed by atoms with van der Waals surface area (Å²) >= 11 is 0. The van der Waals surface area contributed by atoms with E-state index in [9.17, 15) is 4.79 Å². The fraction of sp³-hybridized carbons (Fsp3) is 0.938. The van der Waals surface area contributed by atoms with Gasteiger partial charge in [0.05, 0.1) is 6.61 Å². The van der Waals surface area contributed by atoms with Gasteiger partial charge in [-0.1, -0.05) is 6.92 Å². The van der Waals surface area contributed by atoms with E-state index < -0.39 is 5.60 Å². The summed E-state index contributed by atoms with van der Waals surface area (Å²) in [5.41, 5.74) is -0.469. The van der Waals surface area contributed by atoms with Crippen molar-refractivity contribution in [2.24, 2.45) is 0 Å². The third kappa shape index (κ3) is 11.8. The largest absolute Gasteiger partial charge is 0.444 e. The van der Waals surface area contributed by atoms with Crippen LogP contribution in [0.5, 0.6) is 0 Å². The Bertz CT molecular complexity index is 292. The van der Waals surface area contributed by atoms with Gasteiger partial charge in [0.25, 0.3) is 0 Å². The van der Waals surface area contributed by atoms with Crippen LogP contribution >= 0.6 is 0 Å². The van der Waals surface area contributed by atoms with Gasteiger partial charge < -0.3 is 25.2 Å². The number of carbonyl (C=O) groups is 1. The number of ether oxygens (including phenoxy) is 2. The van der Waals surface area contributed by atoms with Crippen LogP contribution in [0.4, 0.5) is 4.79 Å². The van der Waals surface area contributed by atoms with E-state index >= 15 is 0 Å². The third-order valence-electron chi connectivity index (χ3n) is 3.21. The molecule has 0 saturated carbocycles. The SMILES string of the molecule is CCC(CCO)NC(CCCNC(=O)OC(C)(C)C)COC. The van der Waals surface area contributed by atoms with Crippen molar-refractivity contribution >= 4 is 6.09 Å². The number of hydrogen-bond donors (Lipinski definition) is 3. The van der Waals surface area contributed by atoms with E-state index in [1.807, 2.05) is 20.8 Å². The van der Waals surface area contributed by atoms with Crippen molar-refractivity contribution in [1.82, 2.24) is 10.6 Å². The van der Waals surface area contributed by atoms with Crippen molar-refractivity contribution in [2.75, 3.05) is 26.9 Å². The highest BCUT2D eigenvalue weighted by atomic mass is 16.6. The predicted octanol–water partition coefficient (Wildman–Crippen LogP) is 2.06. The molecule has 0 aliphatic heterocycles. The molecule has 6 nitrogen and oxygen atoms in total. The molecular weight excluding hydrogens is 284 g/mol. The Morgan fingerprint density at radius 2 is 1.91 bits per heavy atom. The first-order valence-corrected chi connectivity index (χ1v) is 8.15. The summed E-state index contributed by atoms with van der Waals surface area (Å²) in [6, 6.07) is 0.519. The number of hydrogen-bond acceptors (Lipinski definition) is 5. The Hall–Kier alpha value is -0.850. The number of aliphatic hydroxyl groups excluding tert-OH is 1. The van der Waals surface area contributed by atoms with E-state index in [1.54, 1.807) is 7.11 Å². The average molecular weight is 318 g/mol. The topological polar surface area (TPSA) is 79.8 Å². The lowest BCUT2D eigenvalue weighted by Crippen LogP contribution is -2.41. The second-order valence-electron chi connectivity index (χ2n) is 6.51. The normalized spacial score (nSPS) is 14.5. The minimum atomic E-state index is -0.469. The standard InChI is InChI=1S/C16H34N2O4/c1-6-13(9-11-19)18-14(12-21-5)8-7-10-17-15(20)22-16(2,3)4/h13-14,18-19H,6-12H2,1-5H3,(H,17,20). The highest BCUT2D eigenvalue weighted by Crippen LogP contribution is 2.07. The highest BCUT2D eigenvalue weighted by molar-refractivity contribution is 5.67. The summed E-state index contributed by atoms with van der Waals surface area (Å²) in [5.74, 6) is 0. The number of alkyl carbamates (subject to hydrolysis) is 1. The fourth-order valence-corrected chi connectivity index (χ4v) is 2.16. The van der Waals surface area contributed by atoms with Crippen molar-refractivity contribution in [3.8, 4) is 0 Å². The second kappa shape index (κ2) is 11.7. The van der Waals surface area contributed by atoms with Crippen LogP contribution in [0.15, 0.2) is 0 Å². The summed E-state index contributed by atoms with van der Waals surface area (Å²) in [7, 11) is 1.68. The summed E-state index contributed by atoms with van der Waals surface area (Å²) in [4.78, 5) is 11.5. The average Bonchev–Trinajstić information content (AvgIpc) is 2.41. The second-order valence-corrected chi connectivity index (χ2v) is 6.51. The van der Waals surface area contributed by atoms with E-state index in [0.717, 1.165) is 25.7 Å². The maximum Gasteiger partial charge on any atom is 0.407 e. The molecule has 1 amide bonds. The van der Waals surface area contributed by atoms with Crippen molar-refractivity contribution in [2.45, 2.75) is 71.1 Å².